The molecule has 2 fully saturated rings. The van der Waals surface area contributed by atoms with Crippen molar-refractivity contribution in [3.8, 4) is 0 Å². The van der Waals surface area contributed by atoms with Gasteiger partial charge in [0.05, 0.1) is 22.9 Å². The van der Waals surface area contributed by atoms with Crippen molar-refractivity contribution in [1.29, 1.82) is 0 Å². The Morgan fingerprint density at radius 2 is 2.03 bits per heavy atom. The number of aryl methyl sites for hydroxylation is 1. The zero-order chi connectivity index (χ0) is 22.4. The van der Waals surface area contributed by atoms with Crippen LogP contribution in [0.1, 0.15) is 35.5 Å². The summed E-state index contributed by atoms with van der Waals surface area (Å²) in [4.78, 5) is 40.8. The molecule has 4 heterocycles. The minimum Gasteiger partial charge on any atom is -0.364 e. The summed E-state index contributed by atoms with van der Waals surface area (Å²) in [6.45, 7) is 6.92. The van der Waals surface area contributed by atoms with E-state index in [0.717, 1.165) is 47.5 Å². The number of aromatic nitrogens is 3. The summed E-state index contributed by atoms with van der Waals surface area (Å²) >= 11 is 0. The number of H-pyrrole nitrogens is 1. The van der Waals surface area contributed by atoms with Crippen molar-refractivity contribution in [2.24, 2.45) is 5.92 Å². The predicted molar refractivity (Wildman–Crippen MR) is 124 cm³/mol. The van der Waals surface area contributed by atoms with E-state index >= 15 is 0 Å². The lowest BCUT2D eigenvalue weighted by Gasteiger charge is -2.35. The van der Waals surface area contributed by atoms with E-state index in [4.69, 9.17) is 0 Å². The minimum atomic E-state index is -0.171. The molecule has 3 atom stereocenters. The van der Waals surface area contributed by atoms with Gasteiger partial charge in [-0.1, -0.05) is 13.8 Å². The number of anilines is 1. The number of rotatable bonds is 5. The summed E-state index contributed by atoms with van der Waals surface area (Å²) in [5.74, 6) is 0.381. The van der Waals surface area contributed by atoms with Gasteiger partial charge < -0.3 is 15.2 Å². The number of carbonyl (C=O) groups excluding carboxylic acids is 1. The van der Waals surface area contributed by atoms with Crippen LogP contribution in [0.15, 0.2) is 41.5 Å². The van der Waals surface area contributed by atoms with Crippen molar-refractivity contribution in [1.82, 2.24) is 25.2 Å². The Kier molecular flexibility index (Phi) is 5.17. The first-order valence-corrected chi connectivity index (χ1v) is 11.2. The summed E-state index contributed by atoms with van der Waals surface area (Å²) in [5.41, 5.74) is 4.98. The second-order valence-electron chi connectivity index (χ2n) is 8.74. The molecule has 1 unspecified atom stereocenters. The molecule has 32 heavy (non-hydrogen) atoms. The molecule has 0 aromatic carbocycles. The highest BCUT2D eigenvalue weighted by Gasteiger charge is 2.56. The molecule has 1 saturated carbocycles. The van der Waals surface area contributed by atoms with E-state index in [-0.39, 0.29) is 11.5 Å². The Bertz CT molecular complexity index is 1220. The second kappa shape index (κ2) is 8.02. The van der Waals surface area contributed by atoms with Gasteiger partial charge in [-0.05, 0) is 42.2 Å². The largest absolute Gasteiger partial charge is 0.364 e. The van der Waals surface area contributed by atoms with Crippen LogP contribution in [0.4, 0.5) is 5.69 Å². The van der Waals surface area contributed by atoms with E-state index < -0.39 is 0 Å². The van der Waals surface area contributed by atoms with E-state index in [2.05, 4.69) is 43.1 Å². The molecule has 0 spiro atoms. The van der Waals surface area contributed by atoms with Gasteiger partial charge in [0, 0.05) is 50.5 Å². The first kappa shape index (κ1) is 20.6. The summed E-state index contributed by atoms with van der Waals surface area (Å²) in [6.07, 6.45) is 4.43. The number of hydrogen-bond acceptors (Lipinski definition) is 6. The molecule has 0 radical (unpaired) electrons. The summed E-state index contributed by atoms with van der Waals surface area (Å²) in [7, 11) is 1.61. The van der Waals surface area contributed by atoms with Gasteiger partial charge in [-0.3, -0.25) is 19.5 Å². The van der Waals surface area contributed by atoms with Crippen LogP contribution in [0.2, 0.25) is 0 Å². The molecule has 3 aromatic rings. The number of fused-ring (bicyclic) bond motifs is 2. The topological polar surface area (TPSA) is 94.2 Å². The molecule has 1 aliphatic carbocycles. The van der Waals surface area contributed by atoms with Gasteiger partial charge in [0.1, 0.15) is 5.69 Å². The summed E-state index contributed by atoms with van der Waals surface area (Å²) in [5, 5.41) is 2.61. The fourth-order valence-corrected chi connectivity index (χ4v) is 5.03. The maximum absolute atomic E-state index is 12.2. The van der Waals surface area contributed by atoms with E-state index in [9.17, 15) is 9.59 Å². The third kappa shape index (κ3) is 3.54. The molecule has 2 aliphatic rings. The molecule has 5 rings (SSSR count). The van der Waals surface area contributed by atoms with Crippen molar-refractivity contribution >= 4 is 22.6 Å². The fourth-order valence-electron chi connectivity index (χ4n) is 5.03. The molecule has 1 aliphatic heterocycles. The van der Waals surface area contributed by atoms with Crippen molar-refractivity contribution in [2.75, 3.05) is 25.0 Å². The average molecular weight is 433 g/mol. The van der Waals surface area contributed by atoms with Crippen molar-refractivity contribution in [3.05, 3.63) is 63.8 Å². The number of nitrogens with zero attached hydrogens (tertiary/aromatic N) is 4. The first-order valence-electron chi connectivity index (χ1n) is 11.2. The Morgan fingerprint density at radius 1 is 1.19 bits per heavy atom. The third-order valence-electron chi connectivity index (χ3n) is 6.83. The fraction of sp³-hybridized carbons (Fsp3) is 0.417. The molecular weight excluding hydrogens is 404 g/mol. The average Bonchev–Trinajstić information content (AvgIpc) is 3.50. The SMILES string of the molecule is CCc1cc2ncc(CN3CCN(c4ccc(C(=O)NC)nc4)[C@H]4C3[C@H]4C)cc2[nH]c1=O. The number of carbonyl (C=O) groups is 1. The van der Waals surface area contributed by atoms with Crippen LogP contribution >= 0.6 is 0 Å². The van der Waals surface area contributed by atoms with Crippen molar-refractivity contribution < 1.29 is 4.79 Å². The van der Waals surface area contributed by atoms with E-state index in [1.54, 1.807) is 19.3 Å². The molecule has 8 nitrogen and oxygen atoms in total. The highest BCUT2D eigenvalue weighted by atomic mass is 16.1. The van der Waals surface area contributed by atoms with Gasteiger partial charge in [0.15, 0.2) is 0 Å². The quantitative estimate of drug-likeness (QED) is 0.640. The molecule has 2 N–H and O–H groups in total. The normalized spacial score (nSPS) is 22.6. The monoisotopic (exact) mass is 432 g/mol. The van der Waals surface area contributed by atoms with E-state index in [1.807, 2.05) is 25.3 Å². The molecular formula is C24H28N6O2. The number of hydrogen-bond donors (Lipinski definition) is 2. The van der Waals surface area contributed by atoms with E-state index in [1.165, 1.54) is 0 Å². The van der Waals surface area contributed by atoms with E-state index in [0.29, 0.717) is 30.1 Å². The molecule has 8 heteroatoms. The highest BCUT2D eigenvalue weighted by molar-refractivity contribution is 5.92. The number of pyridine rings is 3. The smallest absolute Gasteiger partial charge is 0.269 e. The zero-order valence-corrected chi connectivity index (χ0v) is 18.6. The van der Waals surface area contributed by atoms with Gasteiger partial charge in [-0.25, -0.2) is 4.98 Å². The lowest BCUT2D eigenvalue weighted by Crippen LogP contribution is -2.46. The van der Waals surface area contributed by atoms with Crippen LogP contribution in [0.25, 0.3) is 11.0 Å². The van der Waals surface area contributed by atoms with Crippen molar-refractivity contribution in [2.45, 2.75) is 38.9 Å². The van der Waals surface area contributed by atoms with Gasteiger partial charge in [0.2, 0.25) is 0 Å². The minimum absolute atomic E-state index is 0.0283. The Morgan fingerprint density at radius 3 is 2.75 bits per heavy atom. The first-order chi connectivity index (χ1) is 15.5. The maximum Gasteiger partial charge on any atom is 0.269 e. The van der Waals surface area contributed by atoms with Crippen LogP contribution < -0.4 is 15.8 Å². The van der Waals surface area contributed by atoms with Crippen molar-refractivity contribution in [3.63, 3.8) is 0 Å². The Balaban J connectivity index is 1.31. The van der Waals surface area contributed by atoms with Crippen LogP contribution in [-0.2, 0) is 13.0 Å². The summed E-state index contributed by atoms with van der Waals surface area (Å²) < 4.78 is 0. The lowest BCUT2D eigenvalue weighted by molar-refractivity contribution is 0.0958. The highest BCUT2D eigenvalue weighted by Crippen LogP contribution is 2.45. The van der Waals surface area contributed by atoms with Crippen LogP contribution in [0, 0.1) is 5.92 Å². The van der Waals surface area contributed by atoms with Gasteiger partial charge in [-0.15, -0.1) is 0 Å². The number of piperazine rings is 1. The molecule has 1 saturated heterocycles. The standard InChI is InChI=1S/C24H28N6O2/c1-4-16-10-19-20(28-23(16)31)9-15(11-26-19)13-29-7-8-30(22-14(2)21(22)29)17-5-6-18(27-12-17)24(32)25-3/h5-6,9-12,14,21-22H,4,7-8,13H2,1-3H3,(H,25,32)(H,28,31)/t14-,21?,22-/m1/s1. The number of nitrogens with one attached hydrogen (secondary N) is 2. The molecule has 166 valence electrons. The third-order valence-corrected chi connectivity index (χ3v) is 6.83. The Labute approximate surface area is 186 Å². The maximum atomic E-state index is 12.2. The summed E-state index contributed by atoms with van der Waals surface area (Å²) in [6, 6.07) is 8.63. The number of aromatic amines is 1. The number of amides is 1. The predicted octanol–water partition coefficient (Wildman–Crippen LogP) is 1.95. The lowest BCUT2D eigenvalue weighted by atomic mass is 10.1. The molecule has 1 amide bonds. The van der Waals surface area contributed by atoms with Crippen LogP contribution in [0.5, 0.6) is 0 Å². The zero-order valence-electron chi connectivity index (χ0n) is 18.6. The second-order valence-corrected chi connectivity index (χ2v) is 8.74. The van der Waals surface area contributed by atoms with Crippen LogP contribution in [-0.4, -0.2) is 58.0 Å². The molecule has 0 bridgehead atoms. The van der Waals surface area contributed by atoms with Gasteiger partial charge in [-0.2, -0.15) is 0 Å². The molecule has 3 aromatic heterocycles. The van der Waals surface area contributed by atoms with Crippen LogP contribution in [0.3, 0.4) is 0 Å². The Hall–Kier alpha value is -3.26. The van der Waals surface area contributed by atoms with Gasteiger partial charge >= 0.3 is 0 Å². The van der Waals surface area contributed by atoms with Gasteiger partial charge in [0.25, 0.3) is 11.5 Å².